The molecular weight excluding hydrogens is 186 g/mol. The van der Waals surface area contributed by atoms with Crippen LogP contribution in [0, 0.1) is 0 Å². The van der Waals surface area contributed by atoms with Crippen molar-refractivity contribution < 1.29 is 0 Å². The lowest BCUT2D eigenvalue weighted by molar-refractivity contribution is 0.563. The average molecular weight is 207 g/mol. The molecule has 0 aliphatic heterocycles. The number of nitrogens with one attached hydrogen (secondary N) is 1. The van der Waals surface area contributed by atoms with Gasteiger partial charge in [0.25, 0.3) is 0 Å². The normalized spacial score (nSPS) is 13.2. The molecule has 0 rings (SSSR count). The van der Waals surface area contributed by atoms with Gasteiger partial charge < -0.3 is 5.32 Å². The van der Waals surface area contributed by atoms with Crippen LogP contribution in [-0.2, 0) is 0 Å². The van der Waals surface area contributed by atoms with E-state index in [1.54, 1.807) is 0 Å². The van der Waals surface area contributed by atoms with E-state index in [9.17, 15) is 0 Å². The summed E-state index contributed by atoms with van der Waals surface area (Å²) in [5.41, 5.74) is 0. The van der Waals surface area contributed by atoms with E-state index in [0.29, 0.717) is 0 Å². The molecule has 1 nitrogen and oxygen atoms in total. The Balaban J connectivity index is 3.19. The fourth-order valence-electron chi connectivity index (χ4n) is 1.00. The van der Waals surface area contributed by atoms with E-state index in [1.165, 1.54) is 23.7 Å². The lowest BCUT2D eigenvalue weighted by Crippen LogP contribution is -2.32. The molecule has 0 bridgehead atoms. The highest BCUT2D eigenvalue weighted by molar-refractivity contribution is 7.99. The Bertz CT molecular complexity index is 88.6. The standard InChI is InChI=1S/C9H21NS2/c1-4-9(8-11-3)10-6-7-12-5-2/h9-10H,4-8H2,1-3H3. The summed E-state index contributed by atoms with van der Waals surface area (Å²) in [7, 11) is 0. The van der Waals surface area contributed by atoms with Crippen LogP contribution in [0.2, 0.25) is 0 Å². The second kappa shape index (κ2) is 9.75. The van der Waals surface area contributed by atoms with Gasteiger partial charge in [-0.1, -0.05) is 13.8 Å². The topological polar surface area (TPSA) is 12.0 Å². The van der Waals surface area contributed by atoms with Gasteiger partial charge in [-0.15, -0.1) is 0 Å². The van der Waals surface area contributed by atoms with E-state index in [1.807, 2.05) is 23.5 Å². The molecular formula is C9H21NS2. The quantitative estimate of drug-likeness (QED) is 0.614. The molecule has 0 aromatic heterocycles. The first-order valence-electron chi connectivity index (χ1n) is 4.65. The first-order chi connectivity index (χ1) is 5.85. The summed E-state index contributed by atoms with van der Waals surface area (Å²) >= 11 is 3.94. The van der Waals surface area contributed by atoms with Gasteiger partial charge >= 0.3 is 0 Å². The van der Waals surface area contributed by atoms with Crippen molar-refractivity contribution in [3.63, 3.8) is 0 Å². The third-order valence-corrected chi connectivity index (χ3v) is 3.38. The van der Waals surface area contributed by atoms with Gasteiger partial charge in [0, 0.05) is 24.1 Å². The Morgan fingerprint density at radius 3 is 2.58 bits per heavy atom. The molecule has 0 radical (unpaired) electrons. The number of hydrogen-bond donors (Lipinski definition) is 1. The van der Waals surface area contributed by atoms with Crippen LogP contribution in [0.3, 0.4) is 0 Å². The minimum atomic E-state index is 0.720. The Morgan fingerprint density at radius 1 is 1.33 bits per heavy atom. The summed E-state index contributed by atoms with van der Waals surface area (Å²) in [5.74, 6) is 3.73. The lowest BCUT2D eigenvalue weighted by atomic mass is 10.2. The predicted octanol–water partition coefficient (Wildman–Crippen LogP) is 2.47. The third kappa shape index (κ3) is 7.32. The van der Waals surface area contributed by atoms with E-state index < -0.39 is 0 Å². The second-order valence-electron chi connectivity index (χ2n) is 2.71. The monoisotopic (exact) mass is 207 g/mol. The zero-order valence-corrected chi connectivity index (χ0v) is 10.1. The summed E-state index contributed by atoms with van der Waals surface area (Å²) in [6.07, 6.45) is 3.42. The molecule has 1 N–H and O–H groups in total. The minimum Gasteiger partial charge on any atom is -0.312 e. The Morgan fingerprint density at radius 2 is 2.08 bits per heavy atom. The molecule has 0 heterocycles. The molecule has 0 aliphatic rings. The summed E-state index contributed by atoms with van der Waals surface area (Å²) in [6.45, 7) is 5.63. The van der Waals surface area contributed by atoms with Gasteiger partial charge in [0.2, 0.25) is 0 Å². The van der Waals surface area contributed by atoms with Crippen molar-refractivity contribution in [1.29, 1.82) is 0 Å². The molecule has 0 amide bonds. The fourth-order valence-corrected chi connectivity index (χ4v) is 2.31. The summed E-state index contributed by atoms with van der Waals surface area (Å²) in [6, 6.07) is 0.720. The van der Waals surface area contributed by atoms with Gasteiger partial charge in [0.15, 0.2) is 0 Å². The van der Waals surface area contributed by atoms with Crippen LogP contribution in [0.25, 0.3) is 0 Å². The van der Waals surface area contributed by atoms with Crippen LogP contribution in [0.15, 0.2) is 0 Å². The molecule has 0 aliphatic carbocycles. The van der Waals surface area contributed by atoms with Gasteiger partial charge in [-0.2, -0.15) is 23.5 Å². The number of rotatable bonds is 8. The molecule has 12 heavy (non-hydrogen) atoms. The smallest absolute Gasteiger partial charge is 0.0155 e. The molecule has 0 saturated heterocycles. The minimum absolute atomic E-state index is 0.720. The molecule has 0 aromatic carbocycles. The summed E-state index contributed by atoms with van der Waals surface area (Å²) < 4.78 is 0. The lowest BCUT2D eigenvalue weighted by Gasteiger charge is -2.14. The van der Waals surface area contributed by atoms with Crippen molar-refractivity contribution in [3.8, 4) is 0 Å². The van der Waals surface area contributed by atoms with E-state index in [2.05, 4.69) is 25.4 Å². The van der Waals surface area contributed by atoms with Crippen molar-refractivity contribution >= 4 is 23.5 Å². The number of thioether (sulfide) groups is 2. The van der Waals surface area contributed by atoms with E-state index >= 15 is 0 Å². The van der Waals surface area contributed by atoms with Crippen molar-refractivity contribution in [2.24, 2.45) is 0 Å². The first kappa shape index (κ1) is 12.7. The van der Waals surface area contributed by atoms with Crippen LogP contribution in [0.5, 0.6) is 0 Å². The van der Waals surface area contributed by atoms with Gasteiger partial charge in [-0.25, -0.2) is 0 Å². The van der Waals surface area contributed by atoms with Crippen LogP contribution in [0.1, 0.15) is 20.3 Å². The zero-order valence-electron chi connectivity index (χ0n) is 8.43. The summed E-state index contributed by atoms with van der Waals surface area (Å²) in [4.78, 5) is 0. The van der Waals surface area contributed by atoms with Crippen LogP contribution in [-0.4, -0.2) is 36.1 Å². The van der Waals surface area contributed by atoms with Crippen molar-refractivity contribution in [2.45, 2.75) is 26.3 Å². The van der Waals surface area contributed by atoms with E-state index in [4.69, 9.17) is 0 Å². The van der Waals surface area contributed by atoms with Gasteiger partial charge in [0.05, 0.1) is 0 Å². The molecule has 0 aromatic rings. The van der Waals surface area contributed by atoms with E-state index in [-0.39, 0.29) is 0 Å². The van der Waals surface area contributed by atoms with Crippen LogP contribution < -0.4 is 5.32 Å². The highest BCUT2D eigenvalue weighted by Crippen LogP contribution is 2.01. The first-order valence-corrected chi connectivity index (χ1v) is 7.20. The maximum absolute atomic E-state index is 3.56. The predicted molar refractivity (Wildman–Crippen MR) is 63.5 cm³/mol. The van der Waals surface area contributed by atoms with Crippen molar-refractivity contribution in [3.05, 3.63) is 0 Å². The van der Waals surface area contributed by atoms with Gasteiger partial charge in [0.1, 0.15) is 0 Å². The number of hydrogen-bond acceptors (Lipinski definition) is 3. The maximum Gasteiger partial charge on any atom is 0.0155 e. The van der Waals surface area contributed by atoms with Crippen LogP contribution in [0.4, 0.5) is 0 Å². The van der Waals surface area contributed by atoms with E-state index in [0.717, 1.165) is 12.6 Å². The Kier molecular flexibility index (Phi) is 10.3. The Hall–Kier alpha value is 0.660. The van der Waals surface area contributed by atoms with Gasteiger partial charge in [-0.3, -0.25) is 0 Å². The van der Waals surface area contributed by atoms with Crippen molar-refractivity contribution in [2.75, 3.05) is 30.1 Å². The molecule has 0 fully saturated rings. The largest absolute Gasteiger partial charge is 0.312 e. The van der Waals surface area contributed by atoms with Crippen molar-refractivity contribution in [1.82, 2.24) is 5.32 Å². The maximum atomic E-state index is 3.56. The molecule has 0 spiro atoms. The average Bonchev–Trinajstić information content (AvgIpc) is 2.10. The molecule has 0 saturated carbocycles. The highest BCUT2D eigenvalue weighted by Gasteiger charge is 2.02. The Labute approximate surface area is 85.5 Å². The van der Waals surface area contributed by atoms with Gasteiger partial charge in [-0.05, 0) is 18.4 Å². The molecule has 3 heteroatoms. The molecule has 1 atom stereocenters. The zero-order chi connectivity index (χ0) is 9.23. The fraction of sp³-hybridized carbons (Fsp3) is 1.00. The molecule has 1 unspecified atom stereocenters. The summed E-state index contributed by atoms with van der Waals surface area (Å²) in [5, 5.41) is 3.56. The molecule has 74 valence electrons. The van der Waals surface area contributed by atoms with Crippen LogP contribution >= 0.6 is 23.5 Å². The second-order valence-corrected chi connectivity index (χ2v) is 5.02. The third-order valence-electron chi connectivity index (χ3n) is 1.74. The SMILES string of the molecule is CCSCCNC(CC)CSC. The highest BCUT2D eigenvalue weighted by atomic mass is 32.2.